The van der Waals surface area contributed by atoms with E-state index in [0.717, 1.165) is 5.69 Å². The van der Waals surface area contributed by atoms with Gasteiger partial charge < -0.3 is 15.0 Å². The van der Waals surface area contributed by atoms with Crippen molar-refractivity contribution in [3.63, 3.8) is 0 Å². The fraction of sp³-hybridized carbons (Fsp3) is 0.333. The Morgan fingerprint density at radius 3 is 2.82 bits per heavy atom. The van der Waals surface area contributed by atoms with Crippen molar-refractivity contribution in [2.24, 2.45) is 0 Å². The molecular formula is C12H14N2O3. The van der Waals surface area contributed by atoms with Crippen LogP contribution in [-0.2, 0) is 9.53 Å². The largest absolute Gasteiger partial charge is 0.465 e. The number of likely N-dealkylation sites (N-methyl/N-ethyl adjacent to an activating group) is 1. The molecule has 90 valence electrons. The van der Waals surface area contributed by atoms with Crippen LogP contribution in [0.3, 0.4) is 0 Å². The standard InChI is InChI=1S/C12H14N2O3/c1-7-11(15)14(2)10-6-8(12(16)17-3)4-5-9(10)13-7/h4-7,13H,1-3H3. The van der Waals surface area contributed by atoms with E-state index >= 15 is 0 Å². The summed E-state index contributed by atoms with van der Waals surface area (Å²) < 4.78 is 4.65. The van der Waals surface area contributed by atoms with Crippen molar-refractivity contribution >= 4 is 23.3 Å². The molecule has 0 spiro atoms. The van der Waals surface area contributed by atoms with Crippen LogP contribution in [0.1, 0.15) is 17.3 Å². The van der Waals surface area contributed by atoms with Crippen LogP contribution < -0.4 is 10.2 Å². The Morgan fingerprint density at radius 1 is 1.47 bits per heavy atom. The third-order valence-corrected chi connectivity index (χ3v) is 2.85. The molecule has 1 N–H and O–H groups in total. The van der Waals surface area contributed by atoms with Gasteiger partial charge in [-0.3, -0.25) is 4.79 Å². The molecule has 0 fully saturated rings. The number of hydrogen-bond donors (Lipinski definition) is 1. The van der Waals surface area contributed by atoms with Gasteiger partial charge in [0.1, 0.15) is 6.04 Å². The van der Waals surface area contributed by atoms with E-state index in [2.05, 4.69) is 10.1 Å². The second-order valence-electron chi connectivity index (χ2n) is 3.99. The molecule has 0 saturated carbocycles. The van der Waals surface area contributed by atoms with Gasteiger partial charge in [-0.25, -0.2) is 4.79 Å². The Hall–Kier alpha value is -2.04. The molecule has 5 nitrogen and oxygen atoms in total. The second-order valence-corrected chi connectivity index (χ2v) is 3.99. The zero-order valence-corrected chi connectivity index (χ0v) is 9.98. The SMILES string of the molecule is COC(=O)c1ccc2c(c1)N(C)C(=O)C(C)N2. The molecule has 1 amide bonds. The van der Waals surface area contributed by atoms with Gasteiger partial charge in [0.25, 0.3) is 0 Å². The third-order valence-electron chi connectivity index (χ3n) is 2.85. The molecule has 0 aromatic heterocycles. The van der Waals surface area contributed by atoms with Crippen molar-refractivity contribution in [3.8, 4) is 0 Å². The fourth-order valence-corrected chi connectivity index (χ4v) is 1.88. The van der Waals surface area contributed by atoms with Gasteiger partial charge in [-0.05, 0) is 25.1 Å². The van der Waals surface area contributed by atoms with Gasteiger partial charge in [-0.1, -0.05) is 0 Å². The van der Waals surface area contributed by atoms with Crippen LogP contribution in [0.2, 0.25) is 0 Å². The van der Waals surface area contributed by atoms with E-state index in [9.17, 15) is 9.59 Å². The first-order valence-corrected chi connectivity index (χ1v) is 5.31. The normalized spacial score (nSPS) is 18.4. The second kappa shape index (κ2) is 4.08. The molecule has 17 heavy (non-hydrogen) atoms. The van der Waals surface area contributed by atoms with E-state index in [4.69, 9.17) is 0 Å². The number of anilines is 2. The maximum Gasteiger partial charge on any atom is 0.337 e. The maximum atomic E-state index is 11.8. The highest BCUT2D eigenvalue weighted by Gasteiger charge is 2.27. The Kier molecular flexibility index (Phi) is 2.75. The van der Waals surface area contributed by atoms with Crippen LogP contribution in [0.4, 0.5) is 11.4 Å². The van der Waals surface area contributed by atoms with Crippen LogP contribution in [0.15, 0.2) is 18.2 Å². The Bertz CT molecular complexity index is 485. The van der Waals surface area contributed by atoms with Crippen molar-refractivity contribution in [2.75, 3.05) is 24.4 Å². The number of methoxy groups -OCH3 is 1. The lowest BCUT2D eigenvalue weighted by Gasteiger charge is -2.31. The number of nitrogens with zero attached hydrogens (tertiary/aromatic N) is 1. The number of esters is 1. The Balaban J connectivity index is 2.45. The average Bonchev–Trinajstić information content (AvgIpc) is 2.35. The number of amides is 1. The molecule has 0 radical (unpaired) electrons. The first kappa shape index (κ1) is 11.4. The lowest BCUT2D eigenvalue weighted by atomic mass is 10.1. The molecule has 1 atom stereocenters. The van der Waals surface area contributed by atoms with Crippen LogP contribution in [0.25, 0.3) is 0 Å². The lowest BCUT2D eigenvalue weighted by molar-refractivity contribution is -0.118. The molecule has 0 saturated heterocycles. The number of carbonyl (C=O) groups is 2. The van der Waals surface area contributed by atoms with E-state index in [-0.39, 0.29) is 11.9 Å². The fourth-order valence-electron chi connectivity index (χ4n) is 1.88. The van der Waals surface area contributed by atoms with Crippen LogP contribution in [-0.4, -0.2) is 32.1 Å². The highest BCUT2D eigenvalue weighted by atomic mass is 16.5. The summed E-state index contributed by atoms with van der Waals surface area (Å²) in [6.45, 7) is 1.80. The van der Waals surface area contributed by atoms with E-state index in [0.29, 0.717) is 11.3 Å². The summed E-state index contributed by atoms with van der Waals surface area (Å²) in [5, 5.41) is 3.08. The zero-order chi connectivity index (χ0) is 12.6. The molecule has 1 aromatic rings. The van der Waals surface area contributed by atoms with Crippen molar-refractivity contribution in [3.05, 3.63) is 23.8 Å². The molecule has 0 bridgehead atoms. The summed E-state index contributed by atoms with van der Waals surface area (Å²) in [5.41, 5.74) is 1.96. The van der Waals surface area contributed by atoms with E-state index in [1.54, 1.807) is 37.1 Å². The predicted octanol–water partition coefficient (Wildman–Crippen LogP) is 1.25. The Morgan fingerprint density at radius 2 is 2.18 bits per heavy atom. The number of carbonyl (C=O) groups excluding carboxylic acids is 2. The molecule has 5 heteroatoms. The van der Waals surface area contributed by atoms with Crippen molar-refractivity contribution in [1.82, 2.24) is 0 Å². The summed E-state index contributed by atoms with van der Waals surface area (Å²) in [6, 6.07) is 4.85. The van der Waals surface area contributed by atoms with Gasteiger partial charge in [0.2, 0.25) is 5.91 Å². The smallest absolute Gasteiger partial charge is 0.337 e. The number of benzene rings is 1. The van der Waals surface area contributed by atoms with Gasteiger partial charge in [-0.15, -0.1) is 0 Å². The topological polar surface area (TPSA) is 58.6 Å². The number of nitrogens with one attached hydrogen (secondary N) is 1. The molecule has 1 aliphatic heterocycles. The predicted molar refractivity (Wildman–Crippen MR) is 64.3 cm³/mol. The van der Waals surface area contributed by atoms with Crippen LogP contribution in [0, 0.1) is 0 Å². The quantitative estimate of drug-likeness (QED) is 0.743. The number of fused-ring (bicyclic) bond motifs is 1. The minimum absolute atomic E-state index is 0.0282. The minimum Gasteiger partial charge on any atom is -0.465 e. The average molecular weight is 234 g/mol. The molecule has 1 unspecified atom stereocenters. The van der Waals surface area contributed by atoms with Crippen molar-refractivity contribution in [2.45, 2.75) is 13.0 Å². The summed E-state index contributed by atoms with van der Waals surface area (Å²) in [7, 11) is 3.02. The summed E-state index contributed by atoms with van der Waals surface area (Å²) in [4.78, 5) is 24.7. The van der Waals surface area contributed by atoms with E-state index in [1.807, 2.05) is 0 Å². The summed E-state index contributed by atoms with van der Waals surface area (Å²) >= 11 is 0. The zero-order valence-electron chi connectivity index (χ0n) is 9.98. The minimum atomic E-state index is -0.410. The van der Waals surface area contributed by atoms with Crippen LogP contribution in [0.5, 0.6) is 0 Å². The molecular weight excluding hydrogens is 220 g/mol. The van der Waals surface area contributed by atoms with Crippen molar-refractivity contribution in [1.29, 1.82) is 0 Å². The van der Waals surface area contributed by atoms with Gasteiger partial charge >= 0.3 is 5.97 Å². The highest BCUT2D eigenvalue weighted by Crippen LogP contribution is 2.31. The van der Waals surface area contributed by atoms with Gasteiger partial charge in [0, 0.05) is 7.05 Å². The molecule has 0 aliphatic carbocycles. The molecule has 1 aromatic carbocycles. The highest BCUT2D eigenvalue weighted by molar-refractivity contribution is 6.05. The van der Waals surface area contributed by atoms with E-state index < -0.39 is 5.97 Å². The lowest BCUT2D eigenvalue weighted by Crippen LogP contribution is -2.43. The first-order chi connectivity index (χ1) is 8.04. The number of hydrogen-bond acceptors (Lipinski definition) is 4. The molecule has 2 rings (SSSR count). The van der Waals surface area contributed by atoms with Crippen molar-refractivity contribution < 1.29 is 14.3 Å². The van der Waals surface area contributed by atoms with Gasteiger partial charge in [0.05, 0.1) is 24.0 Å². The van der Waals surface area contributed by atoms with Gasteiger partial charge in [-0.2, -0.15) is 0 Å². The number of ether oxygens (including phenoxy) is 1. The monoisotopic (exact) mass is 234 g/mol. The molecule has 1 heterocycles. The van der Waals surface area contributed by atoms with E-state index in [1.165, 1.54) is 7.11 Å². The summed E-state index contributed by atoms with van der Waals surface area (Å²) in [5.74, 6) is -0.438. The third kappa shape index (κ3) is 1.84. The maximum absolute atomic E-state index is 11.8. The Labute approximate surface area is 99.4 Å². The summed E-state index contributed by atoms with van der Waals surface area (Å²) in [6.07, 6.45) is 0. The van der Waals surface area contributed by atoms with Gasteiger partial charge in [0.15, 0.2) is 0 Å². The number of rotatable bonds is 1. The van der Waals surface area contributed by atoms with Crippen LogP contribution >= 0.6 is 0 Å². The first-order valence-electron chi connectivity index (χ1n) is 5.31. The molecule has 1 aliphatic rings.